The van der Waals surface area contributed by atoms with Crippen molar-refractivity contribution >= 4 is 29.9 Å². The summed E-state index contributed by atoms with van der Waals surface area (Å²) in [5.74, 6) is 2.42. The van der Waals surface area contributed by atoms with Crippen molar-refractivity contribution in [2.45, 2.75) is 52.7 Å². The molecule has 8 heteroatoms. The Kier molecular flexibility index (Phi) is 9.71. The minimum absolute atomic E-state index is 0. The number of halogens is 2. The third-order valence-electron chi connectivity index (χ3n) is 3.72. The van der Waals surface area contributed by atoms with Crippen molar-refractivity contribution in [2.75, 3.05) is 13.1 Å². The van der Waals surface area contributed by atoms with Gasteiger partial charge in [-0.25, -0.2) is 14.4 Å². The zero-order chi connectivity index (χ0) is 19.9. The third-order valence-corrected chi connectivity index (χ3v) is 3.72. The number of guanidine groups is 1. The number of nitrogens with zero attached hydrogens (tertiary/aromatic N) is 2. The molecule has 0 bridgehead atoms. The number of benzene rings is 1. The highest BCUT2D eigenvalue weighted by Crippen LogP contribution is 2.22. The van der Waals surface area contributed by atoms with Crippen molar-refractivity contribution < 1.29 is 13.5 Å². The van der Waals surface area contributed by atoms with E-state index in [0.29, 0.717) is 30.7 Å². The SMILES string of the molecule is CCNC(=NCc1ncc(C(C)(C)C)o1)NCC(C)Oc1ccc(F)cc1.I. The van der Waals surface area contributed by atoms with Crippen molar-refractivity contribution in [2.24, 2.45) is 4.99 Å². The van der Waals surface area contributed by atoms with Gasteiger partial charge in [0.15, 0.2) is 5.96 Å². The molecule has 2 rings (SSSR count). The lowest BCUT2D eigenvalue weighted by Gasteiger charge is -2.17. The van der Waals surface area contributed by atoms with Crippen molar-refractivity contribution in [3.05, 3.63) is 47.9 Å². The minimum atomic E-state index is -0.282. The van der Waals surface area contributed by atoms with E-state index in [-0.39, 0.29) is 41.3 Å². The maximum absolute atomic E-state index is 12.9. The van der Waals surface area contributed by atoms with Crippen LogP contribution < -0.4 is 15.4 Å². The first kappa shape index (κ1) is 24.2. The van der Waals surface area contributed by atoms with Crippen molar-refractivity contribution in [3.63, 3.8) is 0 Å². The molecule has 0 aliphatic carbocycles. The highest BCUT2D eigenvalue weighted by atomic mass is 127. The first-order valence-electron chi connectivity index (χ1n) is 9.17. The molecule has 0 saturated heterocycles. The Morgan fingerprint density at radius 2 is 1.93 bits per heavy atom. The molecule has 0 saturated carbocycles. The summed E-state index contributed by atoms with van der Waals surface area (Å²) in [6, 6.07) is 5.98. The first-order chi connectivity index (χ1) is 12.8. The second-order valence-electron chi connectivity index (χ2n) is 7.33. The molecule has 0 aliphatic rings. The van der Waals surface area contributed by atoms with Gasteiger partial charge in [-0.2, -0.15) is 0 Å². The van der Waals surface area contributed by atoms with Crippen LogP contribution in [-0.4, -0.2) is 30.1 Å². The van der Waals surface area contributed by atoms with E-state index in [1.807, 2.05) is 13.8 Å². The van der Waals surface area contributed by atoms with Gasteiger partial charge in [0.05, 0.1) is 12.7 Å². The number of hydrogen-bond donors (Lipinski definition) is 2. The highest BCUT2D eigenvalue weighted by molar-refractivity contribution is 14.0. The molecule has 0 amide bonds. The van der Waals surface area contributed by atoms with Gasteiger partial charge in [-0.05, 0) is 38.1 Å². The van der Waals surface area contributed by atoms with Crippen LogP contribution in [-0.2, 0) is 12.0 Å². The van der Waals surface area contributed by atoms with Crippen LogP contribution in [0.5, 0.6) is 5.75 Å². The van der Waals surface area contributed by atoms with Gasteiger partial charge in [0.2, 0.25) is 5.89 Å². The predicted molar refractivity (Wildman–Crippen MR) is 120 cm³/mol. The summed E-state index contributed by atoms with van der Waals surface area (Å²) in [5, 5.41) is 6.41. The van der Waals surface area contributed by atoms with Gasteiger partial charge in [0, 0.05) is 12.0 Å². The van der Waals surface area contributed by atoms with Crippen LogP contribution in [0, 0.1) is 5.82 Å². The summed E-state index contributed by atoms with van der Waals surface area (Å²) >= 11 is 0. The van der Waals surface area contributed by atoms with E-state index in [2.05, 4.69) is 41.4 Å². The Labute approximate surface area is 183 Å². The maximum atomic E-state index is 12.9. The van der Waals surface area contributed by atoms with Gasteiger partial charge in [0.1, 0.15) is 30.0 Å². The summed E-state index contributed by atoms with van der Waals surface area (Å²) in [6.45, 7) is 11.8. The number of aromatic nitrogens is 1. The van der Waals surface area contributed by atoms with Crippen LogP contribution in [0.2, 0.25) is 0 Å². The standard InChI is InChI=1S/C20H29FN4O2.HI/c1-6-22-19(25-13-18-23-12-17(27-18)20(3,4)5)24-11-14(2)26-16-9-7-15(21)8-10-16;/h7-10,12,14H,6,11,13H2,1-5H3,(H2,22,24,25);1H. The Bertz CT molecular complexity index is 741. The Morgan fingerprint density at radius 3 is 2.50 bits per heavy atom. The largest absolute Gasteiger partial charge is 0.489 e. The Hall–Kier alpha value is -1.84. The van der Waals surface area contributed by atoms with E-state index in [4.69, 9.17) is 9.15 Å². The molecule has 1 atom stereocenters. The summed E-state index contributed by atoms with van der Waals surface area (Å²) in [7, 11) is 0. The topological polar surface area (TPSA) is 71.7 Å². The quantitative estimate of drug-likeness (QED) is 0.335. The van der Waals surface area contributed by atoms with Gasteiger partial charge < -0.3 is 19.8 Å². The zero-order valence-corrected chi connectivity index (χ0v) is 19.4. The Balaban J connectivity index is 0.00000392. The van der Waals surface area contributed by atoms with Gasteiger partial charge in [0.25, 0.3) is 0 Å². The lowest BCUT2D eigenvalue weighted by molar-refractivity contribution is 0.223. The molecule has 156 valence electrons. The lowest BCUT2D eigenvalue weighted by Crippen LogP contribution is -2.41. The van der Waals surface area contributed by atoms with E-state index >= 15 is 0 Å². The average Bonchev–Trinajstić information content (AvgIpc) is 3.09. The van der Waals surface area contributed by atoms with Crippen LogP contribution in [0.4, 0.5) is 4.39 Å². The van der Waals surface area contributed by atoms with Gasteiger partial charge in [-0.3, -0.25) is 0 Å². The molecule has 1 unspecified atom stereocenters. The molecule has 1 heterocycles. The van der Waals surface area contributed by atoms with E-state index in [1.54, 1.807) is 18.3 Å². The third kappa shape index (κ3) is 8.04. The number of rotatable bonds is 7. The molecule has 28 heavy (non-hydrogen) atoms. The minimum Gasteiger partial charge on any atom is -0.489 e. The van der Waals surface area contributed by atoms with Gasteiger partial charge >= 0.3 is 0 Å². The molecule has 0 aliphatic heterocycles. The molecule has 2 N–H and O–H groups in total. The molecule has 6 nitrogen and oxygen atoms in total. The smallest absolute Gasteiger partial charge is 0.216 e. The van der Waals surface area contributed by atoms with Crippen molar-refractivity contribution in [1.82, 2.24) is 15.6 Å². The summed E-state index contributed by atoms with van der Waals surface area (Å²) in [6.07, 6.45) is 1.64. The Morgan fingerprint density at radius 1 is 1.25 bits per heavy atom. The van der Waals surface area contributed by atoms with Gasteiger partial charge in [-0.15, -0.1) is 24.0 Å². The van der Waals surface area contributed by atoms with Crippen molar-refractivity contribution in [1.29, 1.82) is 0 Å². The van der Waals surface area contributed by atoms with E-state index in [9.17, 15) is 4.39 Å². The van der Waals surface area contributed by atoms with Crippen LogP contribution in [0.1, 0.15) is 46.3 Å². The molecule has 0 spiro atoms. The molecule has 1 aromatic carbocycles. The van der Waals surface area contributed by atoms with Gasteiger partial charge in [-0.1, -0.05) is 20.8 Å². The van der Waals surface area contributed by atoms with Crippen LogP contribution >= 0.6 is 24.0 Å². The zero-order valence-electron chi connectivity index (χ0n) is 17.1. The van der Waals surface area contributed by atoms with E-state index < -0.39 is 0 Å². The first-order valence-corrected chi connectivity index (χ1v) is 9.17. The normalized spacial score (nSPS) is 12.9. The van der Waals surface area contributed by atoms with Crippen LogP contribution in [0.25, 0.3) is 0 Å². The number of ether oxygens (including phenoxy) is 1. The molecular formula is C20H30FIN4O2. The maximum Gasteiger partial charge on any atom is 0.216 e. The lowest BCUT2D eigenvalue weighted by atomic mass is 9.94. The highest BCUT2D eigenvalue weighted by Gasteiger charge is 2.19. The second kappa shape index (κ2) is 11.2. The molecule has 0 fully saturated rings. The molecule has 1 aromatic heterocycles. The second-order valence-corrected chi connectivity index (χ2v) is 7.33. The van der Waals surface area contributed by atoms with E-state index in [1.165, 1.54) is 12.1 Å². The number of aliphatic imine (C=N–C) groups is 1. The summed E-state index contributed by atoms with van der Waals surface area (Å²) in [5.41, 5.74) is -0.0785. The molecule has 2 aromatic rings. The van der Waals surface area contributed by atoms with Crippen molar-refractivity contribution in [3.8, 4) is 5.75 Å². The van der Waals surface area contributed by atoms with Crippen LogP contribution in [0.15, 0.2) is 39.9 Å². The van der Waals surface area contributed by atoms with Crippen LogP contribution in [0.3, 0.4) is 0 Å². The average molecular weight is 504 g/mol. The fourth-order valence-electron chi connectivity index (χ4n) is 2.25. The number of oxazole rings is 1. The summed E-state index contributed by atoms with van der Waals surface area (Å²) < 4.78 is 24.5. The number of hydrogen-bond acceptors (Lipinski definition) is 4. The molecular weight excluding hydrogens is 474 g/mol. The predicted octanol–water partition coefficient (Wildman–Crippen LogP) is 4.25. The fourth-order valence-corrected chi connectivity index (χ4v) is 2.25. The number of nitrogens with one attached hydrogen (secondary N) is 2. The summed E-state index contributed by atoms with van der Waals surface area (Å²) in [4.78, 5) is 8.79. The monoisotopic (exact) mass is 504 g/mol. The van der Waals surface area contributed by atoms with E-state index in [0.717, 1.165) is 12.3 Å². The fraction of sp³-hybridized carbons (Fsp3) is 0.500. The molecule has 0 radical (unpaired) electrons.